The van der Waals surface area contributed by atoms with Crippen molar-refractivity contribution >= 4 is 11.3 Å². The van der Waals surface area contributed by atoms with Gasteiger partial charge in [0.25, 0.3) is 0 Å². The Morgan fingerprint density at radius 2 is 2.06 bits per heavy atom. The lowest BCUT2D eigenvalue weighted by Crippen LogP contribution is -2.10. The second-order valence-electron chi connectivity index (χ2n) is 3.90. The second kappa shape index (κ2) is 4.72. The van der Waals surface area contributed by atoms with E-state index in [1.54, 1.807) is 23.7 Å². The summed E-state index contributed by atoms with van der Waals surface area (Å²) >= 11 is 1.56. The molecule has 0 radical (unpaired) electrons. The largest absolute Gasteiger partial charge is 0.318 e. The van der Waals surface area contributed by atoms with Crippen LogP contribution < -0.4 is 5.73 Å². The lowest BCUT2D eigenvalue weighted by Gasteiger charge is -2.04. The molecule has 4 nitrogen and oxygen atoms in total. The van der Waals surface area contributed by atoms with E-state index in [1.807, 2.05) is 46.6 Å². The molecule has 0 saturated heterocycles. The molecule has 0 aliphatic rings. The maximum Gasteiger partial charge on any atom is 0.114 e. The molecule has 18 heavy (non-hydrogen) atoms. The zero-order valence-electron chi connectivity index (χ0n) is 9.60. The highest BCUT2D eigenvalue weighted by atomic mass is 32.1. The van der Waals surface area contributed by atoms with Gasteiger partial charge in [0.05, 0.1) is 17.9 Å². The Balaban J connectivity index is 1.90. The topological polar surface area (TPSA) is 56.7 Å². The highest BCUT2D eigenvalue weighted by molar-refractivity contribution is 7.09. The Kier molecular flexibility index (Phi) is 2.92. The molecular formula is C13H12N4S. The van der Waals surface area contributed by atoms with E-state index < -0.39 is 0 Å². The molecule has 2 heterocycles. The number of nitrogens with zero attached hydrogens (tertiary/aromatic N) is 3. The van der Waals surface area contributed by atoms with Gasteiger partial charge < -0.3 is 5.73 Å². The van der Waals surface area contributed by atoms with E-state index in [-0.39, 0.29) is 6.04 Å². The summed E-state index contributed by atoms with van der Waals surface area (Å²) in [5, 5.41) is 7.16. The molecule has 0 bridgehead atoms. The number of para-hydroxylation sites is 1. The van der Waals surface area contributed by atoms with Gasteiger partial charge in [-0.2, -0.15) is 5.10 Å². The third kappa shape index (κ3) is 2.05. The summed E-state index contributed by atoms with van der Waals surface area (Å²) in [4.78, 5) is 4.23. The summed E-state index contributed by atoms with van der Waals surface area (Å²) in [5.41, 5.74) is 8.14. The number of thiazole rings is 1. The first-order valence-corrected chi connectivity index (χ1v) is 6.47. The molecule has 1 unspecified atom stereocenters. The van der Waals surface area contributed by atoms with Gasteiger partial charge >= 0.3 is 0 Å². The van der Waals surface area contributed by atoms with E-state index in [2.05, 4.69) is 10.1 Å². The van der Waals surface area contributed by atoms with Crippen molar-refractivity contribution < 1.29 is 0 Å². The second-order valence-corrected chi connectivity index (χ2v) is 4.83. The fraction of sp³-hybridized carbons (Fsp3) is 0.0769. The van der Waals surface area contributed by atoms with Crippen LogP contribution in [0.1, 0.15) is 16.6 Å². The zero-order valence-corrected chi connectivity index (χ0v) is 10.4. The number of rotatable bonds is 3. The molecule has 1 atom stereocenters. The molecule has 5 heteroatoms. The molecular weight excluding hydrogens is 244 g/mol. The van der Waals surface area contributed by atoms with Crippen LogP contribution in [0, 0.1) is 0 Å². The van der Waals surface area contributed by atoms with Crippen LogP contribution in [-0.4, -0.2) is 14.8 Å². The highest BCUT2D eigenvalue weighted by Gasteiger charge is 2.13. The molecule has 0 aliphatic carbocycles. The molecule has 3 aromatic rings. The van der Waals surface area contributed by atoms with Crippen LogP contribution in [0.5, 0.6) is 0 Å². The highest BCUT2D eigenvalue weighted by Crippen LogP contribution is 2.21. The number of benzene rings is 1. The molecule has 0 spiro atoms. The van der Waals surface area contributed by atoms with Crippen LogP contribution in [0.4, 0.5) is 0 Å². The summed E-state index contributed by atoms with van der Waals surface area (Å²) in [6.45, 7) is 0. The van der Waals surface area contributed by atoms with Crippen LogP contribution in [0.2, 0.25) is 0 Å². The molecule has 0 saturated carbocycles. The van der Waals surface area contributed by atoms with Gasteiger partial charge in [0, 0.05) is 23.3 Å². The molecule has 2 aromatic heterocycles. The van der Waals surface area contributed by atoms with E-state index in [0.29, 0.717) is 0 Å². The summed E-state index contributed by atoms with van der Waals surface area (Å²) in [7, 11) is 0. The summed E-state index contributed by atoms with van der Waals surface area (Å²) in [6, 6.07) is 9.75. The van der Waals surface area contributed by atoms with Crippen molar-refractivity contribution in [2.75, 3.05) is 0 Å². The van der Waals surface area contributed by atoms with Crippen molar-refractivity contribution in [1.29, 1.82) is 0 Å². The summed E-state index contributed by atoms with van der Waals surface area (Å²) in [5.74, 6) is 0. The van der Waals surface area contributed by atoms with E-state index >= 15 is 0 Å². The average Bonchev–Trinajstić information content (AvgIpc) is 3.10. The maximum atomic E-state index is 6.15. The van der Waals surface area contributed by atoms with Gasteiger partial charge in [-0.15, -0.1) is 11.3 Å². The van der Waals surface area contributed by atoms with Gasteiger partial charge in [-0.25, -0.2) is 9.67 Å². The Bertz CT molecular complexity index is 616. The van der Waals surface area contributed by atoms with Crippen molar-refractivity contribution in [1.82, 2.24) is 14.8 Å². The van der Waals surface area contributed by atoms with Crippen molar-refractivity contribution in [3.8, 4) is 5.69 Å². The summed E-state index contributed by atoms with van der Waals surface area (Å²) in [6.07, 6.45) is 5.50. The monoisotopic (exact) mass is 256 g/mol. The SMILES string of the molecule is NC(c1cnn(-c2ccccc2)c1)c1nccs1. The lowest BCUT2D eigenvalue weighted by molar-refractivity contribution is 0.852. The predicted molar refractivity (Wildman–Crippen MR) is 71.7 cm³/mol. The molecule has 3 rings (SSSR count). The van der Waals surface area contributed by atoms with Gasteiger partial charge in [-0.3, -0.25) is 0 Å². The smallest absolute Gasteiger partial charge is 0.114 e. The van der Waals surface area contributed by atoms with Crippen molar-refractivity contribution in [3.63, 3.8) is 0 Å². The van der Waals surface area contributed by atoms with Gasteiger partial charge in [-0.1, -0.05) is 18.2 Å². The first-order valence-electron chi connectivity index (χ1n) is 5.59. The zero-order chi connectivity index (χ0) is 12.4. The lowest BCUT2D eigenvalue weighted by atomic mass is 10.2. The van der Waals surface area contributed by atoms with E-state index in [0.717, 1.165) is 16.3 Å². The first-order chi connectivity index (χ1) is 8.84. The van der Waals surface area contributed by atoms with Crippen LogP contribution >= 0.6 is 11.3 Å². The van der Waals surface area contributed by atoms with Gasteiger partial charge in [0.2, 0.25) is 0 Å². The van der Waals surface area contributed by atoms with E-state index in [9.17, 15) is 0 Å². The maximum absolute atomic E-state index is 6.15. The third-order valence-electron chi connectivity index (χ3n) is 2.70. The molecule has 0 aliphatic heterocycles. The normalized spacial score (nSPS) is 12.5. The first kappa shape index (κ1) is 11.1. The van der Waals surface area contributed by atoms with Crippen molar-refractivity contribution in [2.45, 2.75) is 6.04 Å². The molecule has 2 N–H and O–H groups in total. The Morgan fingerprint density at radius 1 is 1.22 bits per heavy atom. The van der Waals surface area contributed by atoms with Crippen LogP contribution in [0.15, 0.2) is 54.3 Å². The molecule has 90 valence electrons. The van der Waals surface area contributed by atoms with Gasteiger partial charge in [-0.05, 0) is 12.1 Å². The van der Waals surface area contributed by atoms with Crippen molar-refractivity contribution in [3.05, 3.63) is 64.9 Å². The number of nitrogens with two attached hydrogens (primary N) is 1. The Hall–Kier alpha value is -1.98. The van der Waals surface area contributed by atoms with Gasteiger partial charge in [0.1, 0.15) is 5.01 Å². The number of hydrogen-bond donors (Lipinski definition) is 1. The van der Waals surface area contributed by atoms with Crippen LogP contribution in [0.25, 0.3) is 5.69 Å². The summed E-state index contributed by atoms with van der Waals surface area (Å²) < 4.78 is 1.82. The minimum atomic E-state index is -0.206. The standard InChI is InChI=1S/C13H12N4S/c14-12(13-15-6-7-18-13)10-8-16-17(9-10)11-4-2-1-3-5-11/h1-9,12H,14H2. The fourth-order valence-electron chi connectivity index (χ4n) is 1.75. The fourth-order valence-corrected chi connectivity index (χ4v) is 2.42. The minimum absolute atomic E-state index is 0.206. The molecule has 0 amide bonds. The van der Waals surface area contributed by atoms with Crippen LogP contribution in [-0.2, 0) is 0 Å². The van der Waals surface area contributed by atoms with Crippen molar-refractivity contribution in [2.24, 2.45) is 5.73 Å². The number of hydrogen-bond acceptors (Lipinski definition) is 4. The Morgan fingerprint density at radius 3 is 2.78 bits per heavy atom. The van der Waals surface area contributed by atoms with Gasteiger partial charge in [0.15, 0.2) is 0 Å². The molecule has 1 aromatic carbocycles. The number of aromatic nitrogens is 3. The van der Waals surface area contributed by atoms with E-state index in [4.69, 9.17) is 5.73 Å². The predicted octanol–water partition coefficient (Wildman–Crippen LogP) is 2.38. The minimum Gasteiger partial charge on any atom is -0.318 e. The quantitative estimate of drug-likeness (QED) is 0.782. The van der Waals surface area contributed by atoms with Crippen LogP contribution in [0.3, 0.4) is 0 Å². The third-order valence-corrected chi connectivity index (χ3v) is 3.56. The molecule has 0 fully saturated rings. The average molecular weight is 256 g/mol. The Labute approximate surface area is 109 Å². The van der Waals surface area contributed by atoms with E-state index in [1.165, 1.54) is 0 Å².